The number of carboxylic acids is 3. The molecule has 34 heavy (non-hydrogen) atoms. The van der Waals surface area contributed by atoms with Crippen molar-refractivity contribution in [2.24, 2.45) is 0 Å². The maximum absolute atomic E-state index is 11.7. The molecule has 8 N–H and O–H groups in total. The Balaban J connectivity index is 0.00000289. The third kappa shape index (κ3) is 7.84. The van der Waals surface area contributed by atoms with Crippen LogP contribution in [0.3, 0.4) is 0 Å². The molecule has 0 bridgehead atoms. The van der Waals surface area contributed by atoms with Gasteiger partial charge in [-0.15, -0.1) is 11.1 Å². The van der Waals surface area contributed by atoms with Crippen molar-refractivity contribution in [2.45, 2.75) is 31.7 Å². The third-order valence-corrected chi connectivity index (χ3v) is 7.27. The molecule has 3 rings (SSSR count). The van der Waals surface area contributed by atoms with E-state index in [4.69, 9.17) is 10.8 Å². The molecule has 2 aromatic rings. The van der Waals surface area contributed by atoms with Gasteiger partial charge in [-0.2, -0.15) is 9.97 Å². The summed E-state index contributed by atoms with van der Waals surface area (Å²) in [6.07, 6.45) is 5.40. The number of aliphatic carboxylic acids is 3. The Bertz CT molecular complexity index is 1140. The van der Waals surface area contributed by atoms with Crippen molar-refractivity contribution in [3.8, 4) is 0 Å². The zero-order chi connectivity index (χ0) is 23.4. The number of nitrogens with zero attached hydrogens (tertiary/aromatic N) is 2. The number of rotatable bonds is 11. The van der Waals surface area contributed by atoms with Crippen LogP contribution < -0.4 is 15.8 Å². The summed E-state index contributed by atoms with van der Waals surface area (Å²) >= 11 is -1.63. The second-order valence-electron chi connectivity index (χ2n) is 7.02. The van der Waals surface area contributed by atoms with Crippen LogP contribution in [0.25, 0.3) is 11.0 Å². The molecular weight excluding hydrogens is 519 g/mol. The Hall–Kier alpha value is -0.307. The van der Waals surface area contributed by atoms with Crippen LogP contribution in [-0.4, -0.2) is 164 Å². The number of nitrogens with two attached hydrogens (primary N) is 1. The quantitative estimate of drug-likeness (QED) is 0.139. The van der Waals surface area contributed by atoms with Gasteiger partial charge in [-0.05, 0) is 35.8 Å². The summed E-state index contributed by atoms with van der Waals surface area (Å²) in [5.74, 6) is -2.81. The average molecular weight is 545 g/mol. The number of aromatic amines is 1. The molecule has 1 aliphatic heterocycles. The predicted molar refractivity (Wildman–Crippen MR) is 135 cm³/mol. The predicted octanol–water partition coefficient (Wildman–Crippen LogP) is -0.0928. The van der Waals surface area contributed by atoms with Crippen molar-refractivity contribution in [1.82, 2.24) is 19.7 Å². The molecular formula is C19H26K2N6O6S. The summed E-state index contributed by atoms with van der Waals surface area (Å²) in [5.41, 5.74) is 7.18. The van der Waals surface area contributed by atoms with E-state index < -0.39 is 35.0 Å². The fourth-order valence-electron chi connectivity index (χ4n) is 3.42. The second kappa shape index (κ2) is 14.4. The number of H-pyrrole nitrogens is 1. The average Bonchev–Trinajstić information content (AvgIpc) is 3.32. The Labute approximate surface area is 282 Å². The maximum atomic E-state index is 11.7. The van der Waals surface area contributed by atoms with Gasteiger partial charge in [0.05, 0.1) is 10.3 Å². The second-order valence-corrected chi connectivity index (χ2v) is 9.01. The Morgan fingerprint density at radius 3 is 2.44 bits per heavy atom. The van der Waals surface area contributed by atoms with E-state index in [1.807, 2.05) is 0 Å². The molecule has 0 fully saturated rings. The van der Waals surface area contributed by atoms with Crippen LogP contribution in [0.4, 0.5) is 11.8 Å². The van der Waals surface area contributed by atoms with Crippen LogP contribution in [0.2, 0.25) is 0 Å². The summed E-state index contributed by atoms with van der Waals surface area (Å²) in [4.78, 5) is 46.4. The zero-order valence-electron chi connectivity index (χ0n) is 17.1. The monoisotopic (exact) mass is 544 g/mol. The molecule has 0 saturated heterocycles. The van der Waals surface area contributed by atoms with E-state index in [9.17, 15) is 24.6 Å². The minimum atomic E-state index is -1.63. The molecule has 0 amide bonds. The third-order valence-electron chi connectivity index (χ3n) is 4.93. The van der Waals surface area contributed by atoms with Crippen molar-refractivity contribution >= 4 is 155 Å². The number of anilines is 2. The van der Waals surface area contributed by atoms with Crippen LogP contribution in [0.5, 0.6) is 0 Å². The van der Waals surface area contributed by atoms with E-state index in [1.54, 1.807) is 19.3 Å². The summed E-state index contributed by atoms with van der Waals surface area (Å²) in [6, 6.07) is -1.18. The van der Waals surface area contributed by atoms with E-state index in [1.165, 1.54) is 6.08 Å². The van der Waals surface area contributed by atoms with Crippen molar-refractivity contribution in [1.29, 1.82) is 0 Å². The molecule has 0 saturated carbocycles. The molecule has 1 unspecified atom stereocenters. The normalized spacial score (nSPS) is 16.6. The number of thiol groups is 1. The van der Waals surface area contributed by atoms with Gasteiger partial charge in [0.15, 0.2) is 0 Å². The summed E-state index contributed by atoms with van der Waals surface area (Å²) in [5, 5.41) is 31.6. The number of carboxylic acid groups (broad SMARTS) is 3. The molecule has 2 atom stereocenters. The van der Waals surface area contributed by atoms with Crippen LogP contribution >= 0.6 is 11.1 Å². The molecule has 0 radical (unpaired) electrons. The van der Waals surface area contributed by atoms with E-state index >= 15 is 0 Å². The standard InChI is InChI=1S/C19H24N6O6S.2K.2H/c1-21-15-14-9(8-22-16(14)24-19(20)23-15)2-3-10-4-6-12(18(30)31)32(10)25-11(17(28)29)5-7-13(26)27;;;;/h4,6,8,11,25,32H,2-3,5,7H2,1H3,(H,26,27)(H,28,29)(H,30,31)(H4,20,21,22,23,24);;;;/t11-;;;;/m0..../s1. The number of hydrogen-bond donors (Lipinski definition) is 8. The number of carbonyl (C=O) groups is 3. The van der Waals surface area contributed by atoms with Gasteiger partial charge in [-0.25, -0.2) is 4.79 Å². The van der Waals surface area contributed by atoms with E-state index in [2.05, 4.69) is 25.0 Å². The number of aromatic nitrogens is 3. The van der Waals surface area contributed by atoms with Crippen molar-refractivity contribution in [3.63, 3.8) is 0 Å². The molecule has 3 heterocycles. The van der Waals surface area contributed by atoms with Gasteiger partial charge in [-0.3, -0.25) is 14.3 Å². The van der Waals surface area contributed by atoms with Gasteiger partial charge in [0.1, 0.15) is 17.5 Å². The minimum absolute atomic E-state index is 0. The van der Waals surface area contributed by atoms with E-state index in [0.29, 0.717) is 24.3 Å². The van der Waals surface area contributed by atoms with E-state index in [-0.39, 0.29) is 126 Å². The number of hydrogen-bond acceptors (Lipinski definition) is 8. The first-order valence-corrected chi connectivity index (χ1v) is 11.0. The van der Waals surface area contributed by atoms with Crippen molar-refractivity contribution in [2.75, 3.05) is 18.1 Å². The van der Waals surface area contributed by atoms with Gasteiger partial charge in [-0.1, -0.05) is 6.08 Å². The number of nitrogen functional groups attached to an aromatic ring is 1. The number of aryl methyl sites for hydroxylation is 1. The topological polar surface area (TPSA) is 204 Å². The van der Waals surface area contributed by atoms with Crippen LogP contribution in [0.1, 0.15) is 24.8 Å². The fraction of sp³-hybridized carbons (Fsp3) is 0.316. The summed E-state index contributed by atoms with van der Waals surface area (Å²) in [6.45, 7) is 0. The Morgan fingerprint density at radius 1 is 1.15 bits per heavy atom. The molecule has 12 nitrogen and oxygen atoms in total. The molecule has 0 aliphatic carbocycles. The SMILES string of the molecule is CNc1nc(N)nc2[nH]cc(CCC3=CC=C(C(=O)O)[SH]3N[C@@H](CCC(=O)O)C(=O)O)c12.[KH].[KH]. The molecule has 15 heteroatoms. The number of allylic oxidation sites excluding steroid dienone is 3. The van der Waals surface area contributed by atoms with Crippen molar-refractivity contribution in [3.05, 3.63) is 33.7 Å². The van der Waals surface area contributed by atoms with Gasteiger partial charge in [0, 0.05) is 19.7 Å². The number of fused-ring (bicyclic) bond motifs is 1. The van der Waals surface area contributed by atoms with E-state index in [0.717, 1.165) is 15.9 Å². The van der Waals surface area contributed by atoms with Crippen molar-refractivity contribution < 1.29 is 29.7 Å². The number of nitrogens with one attached hydrogen (secondary N) is 3. The van der Waals surface area contributed by atoms with Gasteiger partial charge in [0.25, 0.3) is 0 Å². The van der Waals surface area contributed by atoms with Crippen LogP contribution in [-0.2, 0) is 20.8 Å². The first-order valence-electron chi connectivity index (χ1n) is 9.67. The molecule has 1 aliphatic rings. The molecule has 2 aromatic heterocycles. The fourth-order valence-corrected chi connectivity index (χ4v) is 5.55. The Kier molecular flexibility index (Phi) is 13.5. The van der Waals surface area contributed by atoms with Gasteiger partial charge in [0.2, 0.25) is 5.95 Å². The summed E-state index contributed by atoms with van der Waals surface area (Å²) in [7, 11) is 1.72. The molecule has 176 valence electrons. The van der Waals surface area contributed by atoms with Gasteiger partial charge >= 0.3 is 121 Å². The van der Waals surface area contributed by atoms with Gasteiger partial charge < -0.3 is 31.4 Å². The first-order chi connectivity index (χ1) is 15.2. The summed E-state index contributed by atoms with van der Waals surface area (Å²) < 4.78 is 2.87. The van der Waals surface area contributed by atoms with Crippen LogP contribution in [0.15, 0.2) is 28.2 Å². The molecule has 0 spiro atoms. The zero-order valence-corrected chi connectivity index (χ0v) is 18.0. The molecule has 0 aromatic carbocycles. The first kappa shape index (κ1) is 31.7. The Morgan fingerprint density at radius 2 is 1.85 bits per heavy atom. The van der Waals surface area contributed by atoms with Crippen LogP contribution in [0, 0.1) is 0 Å².